The Bertz CT molecular complexity index is 1230. The van der Waals surface area contributed by atoms with Crippen molar-refractivity contribution in [3.05, 3.63) is 59.7 Å². The first-order valence-electron chi connectivity index (χ1n) is 7.83. The summed E-state index contributed by atoms with van der Waals surface area (Å²) >= 11 is 1.62. The van der Waals surface area contributed by atoms with Crippen LogP contribution in [0, 0.1) is 6.92 Å². The summed E-state index contributed by atoms with van der Waals surface area (Å²) in [5, 5.41) is 4.58. The maximum Gasteiger partial charge on any atom is 0.292 e. The van der Waals surface area contributed by atoms with Crippen molar-refractivity contribution in [1.29, 1.82) is 0 Å². The van der Waals surface area contributed by atoms with Crippen LogP contribution in [0.2, 0.25) is 0 Å². The Balaban J connectivity index is 1.92. The van der Waals surface area contributed by atoms with Gasteiger partial charge in [0.2, 0.25) is 0 Å². The van der Waals surface area contributed by atoms with E-state index in [4.69, 9.17) is 4.98 Å². The predicted octanol–water partition coefficient (Wildman–Crippen LogP) is 3.90. The lowest BCUT2D eigenvalue weighted by atomic mass is 9.97. The molecule has 0 unspecified atom stereocenters. The van der Waals surface area contributed by atoms with Crippen LogP contribution in [0.1, 0.15) is 5.56 Å². The molecule has 5 rings (SSSR count). The van der Waals surface area contributed by atoms with Crippen molar-refractivity contribution in [2.45, 2.75) is 6.92 Å². The molecule has 0 amide bonds. The highest BCUT2D eigenvalue weighted by molar-refractivity contribution is 7.04. The maximum atomic E-state index is 4.82. The van der Waals surface area contributed by atoms with Gasteiger partial charge in [-0.1, -0.05) is 41.9 Å². The molecule has 3 aromatic heterocycles. The van der Waals surface area contributed by atoms with Crippen LogP contribution in [0.3, 0.4) is 0 Å². The second kappa shape index (κ2) is 4.85. The highest BCUT2D eigenvalue weighted by Gasteiger charge is 2.22. The van der Waals surface area contributed by atoms with Gasteiger partial charge in [-0.2, -0.15) is 0 Å². The number of rotatable bonds is 1. The number of nitrogens with zero attached hydrogens (tertiary/aromatic N) is 4. The summed E-state index contributed by atoms with van der Waals surface area (Å²) in [5.41, 5.74) is 6.40. The molecule has 0 bridgehead atoms. The van der Waals surface area contributed by atoms with Gasteiger partial charge in [0.1, 0.15) is 0 Å². The van der Waals surface area contributed by atoms with Gasteiger partial charge in [-0.15, -0.1) is 0 Å². The van der Waals surface area contributed by atoms with Gasteiger partial charge in [-0.3, -0.25) is 0 Å². The van der Waals surface area contributed by atoms with E-state index in [1.54, 1.807) is 11.5 Å². The van der Waals surface area contributed by atoms with Gasteiger partial charge >= 0.3 is 0 Å². The molecule has 0 aliphatic carbocycles. The van der Waals surface area contributed by atoms with Crippen LogP contribution in [-0.4, -0.2) is 13.8 Å². The van der Waals surface area contributed by atoms with E-state index in [1.807, 2.05) is 24.8 Å². The molecule has 0 fully saturated rings. The van der Waals surface area contributed by atoms with Crippen molar-refractivity contribution >= 4 is 39.1 Å². The average molecular weight is 331 g/mol. The van der Waals surface area contributed by atoms with Crippen LogP contribution in [0.5, 0.6) is 0 Å². The molecule has 0 N–H and O–H groups in total. The summed E-state index contributed by atoms with van der Waals surface area (Å²) in [4.78, 5) is 9.42. The molecule has 3 heterocycles. The molecular formula is C19H15N4S+. The predicted molar refractivity (Wildman–Crippen MR) is 97.2 cm³/mol. The van der Waals surface area contributed by atoms with Gasteiger partial charge < -0.3 is 0 Å². The lowest BCUT2D eigenvalue weighted by molar-refractivity contribution is -0.662. The minimum Gasteiger partial charge on any atom is -0.230 e. The fraction of sp³-hybridized carbons (Fsp3) is 0.105. The summed E-state index contributed by atoms with van der Waals surface area (Å²) < 4.78 is 4.14. The Labute approximate surface area is 142 Å². The molecule has 24 heavy (non-hydrogen) atoms. The first-order valence-corrected chi connectivity index (χ1v) is 8.67. The number of benzene rings is 2. The summed E-state index contributed by atoms with van der Waals surface area (Å²) in [7, 11) is 2.03. The second-order valence-corrected chi connectivity index (χ2v) is 6.86. The summed E-state index contributed by atoms with van der Waals surface area (Å²) in [6.07, 6.45) is 1.88. The zero-order valence-corrected chi connectivity index (χ0v) is 14.2. The van der Waals surface area contributed by atoms with Crippen molar-refractivity contribution < 1.29 is 4.57 Å². The van der Waals surface area contributed by atoms with Gasteiger partial charge in [0, 0.05) is 10.9 Å². The van der Waals surface area contributed by atoms with Crippen molar-refractivity contribution in [3.63, 3.8) is 0 Å². The topological polar surface area (TPSA) is 34.1 Å². The molecule has 0 atom stereocenters. The number of fused-ring (bicyclic) bond motifs is 4. The highest BCUT2D eigenvalue weighted by atomic mass is 32.1. The van der Waals surface area contributed by atoms with E-state index in [2.05, 4.69) is 56.7 Å². The van der Waals surface area contributed by atoms with Crippen LogP contribution < -0.4 is 4.57 Å². The Kier molecular flexibility index (Phi) is 2.76. The summed E-state index contributed by atoms with van der Waals surface area (Å²) in [5.74, 6) is 0. The van der Waals surface area contributed by atoms with Crippen molar-refractivity contribution in [3.8, 4) is 11.3 Å². The molecule has 5 aromatic rings. The number of imidazole rings is 1. The third-order valence-electron chi connectivity index (χ3n) is 4.61. The average Bonchev–Trinajstić information content (AvgIpc) is 3.17. The minimum absolute atomic E-state index is 0.917. The van der Waals surface area contributed by atoms with Crippen LogP contribution in [0.4, 0.5) is 0 Å². The minimum atomic E-state index is 0.917. The maximum absolute atomic E-state index is 4.82. The molecule has 116 valence electrons. The fourth-order valence-electron chi connectivity index (χ4n) is 3.42. The van der Waals surface area contributed by atoms with Crippen LogP contribution >= 0.6 is 11.5 Å². The van der Waals surface area contributed by atoms with Crippen molar-refractivity contribution in [2.75, 3.05) is 0 Å². The Morgan fingerprint density at radius 2 is 1.96 bits per heavy atom. The van der Waals surface area contributed by atoms with E-state index in [9.17, 15) is 0 Å². The smallest absolute Gasteiger partial charge is 0.230 e. The van der Waals surface area contributed by atoms with E-state index in [-0.39, 0.29) is 0 Å². The number of hydrogen-bond acceptors (Lipinski definition) is 3. The second-order valence-electron chi connectivity index (χ2n) is 6.01. The Morgan fingerprint density at radius 1 is 1.08 bits per heavy atom. The summed E-state index contributed by atoms with van der Waals surface area (Å²) in [6, 6.07) is 14.9. The number of aryl methyl sites for hydroxylation is 2. The zero-order chi connectivity index (χ0) is 16.3. The largest absolute Gasteiger partial charge is 0.292 e. The van der Waals surface area contributed by atoms with Gasteiger partial charge in [-0.05, 0) is 40.4 Å². The third kappa shape index (κ3) is 1.76. The fourth-order valence-corrected chi connectivity index (χ4v) is 4.16. The van der Waals surface area contributed by atoms with Crippen molar-refractivity contribution in [2.24, 2.45) is 7.05 Å². The van der Waals surface area contributed by atoms with Gasteiger partial charge in [0.15, 0.2) is 16.9 Å². The molecular weight excluding hydrogens is 316 g/mol. The van der Waals surface area contributed by atoms with Crippen LogP contribution in [0.25, 0.3) is 38.8 Å². The SMILES string of the molecule is Cc1c(-c2c3nc4ccsn4c3nc[n+]2C)ccc2ccccc12. The first kappa shape index (κ1) is 13.6. The molecule has 0 radical (unpaired) electrons. The monoisotopic (exact) mass is 331 g/mol. The van der Waals surface area contributed by atoms with Gasteiger partial charge in [0.25, 0.3) is 12.0 Å². The molecule has 0 saturated heterocycles. The first-order chi connectivity index (χ1) is 11.7. The Hall–Kier alpha value is -2.79. The molecule has 0 aliphatic heterocycles. The lowest BCUT2D eigenvalue weighted by Gasteiger charge is -2.09. The standard InChI is InChI=1S/C19H15N4S/c1-12-14-6-4-3-5-13(14)7-8-15(12)18-17-19(20-11-22(18)2)23-16(21-17)9-10-24-23/h3-11H,1-2H3/q+1. The Morgan fingerprint density at radius 3 is 2.88 bits per heavy atom. The molecule has 5 heteroatoms. The highest BCUT2D eigenvalue weighted by Crippen LogP contribution is 2.31. The van der Waals surface area contributed by atoms with Gasteiger partial charge in [0.05, 0.1) is 7.05 Å². The van der Waals surface area contributed by atoms with Crippen LogP contribution in [-0.2, 0) is 7.05 Å². The summed E-state index contributed by atoms with van der Waals surface area (Å²) in [6.45, 7) is 2.18. The number of hydrogen-bond donors (Lipinski definition) is 0. The van der Waals surface area contributed by atoms with E-state index < -0.39 is 0 Å². The third-order valence-corrected chi connectivity index (χ3v) is 5.43. The van der Waals surface area contributed by atoms with Crippen molar-refractivity contribution in [1.82, 2.24) is 13.8 Å². The normalized spacial score (nSPS) is 11.8. The quantitative estimate of drug-likeness (QED) is 0.437. The molecule has 0 saturated carbocycles. The molecule has 4 nitrogen and oxygen atoms in total. The van der Waals surface area contributed by atoms with Gasteiger partial charge in [-0.25, -0.2) is 13.3 Å². The van der Waals surface area contributed by atoms with E-state index in [0.29, 0.717) is 0 Å². The lowest BCUT2D eigenvalue weighted by Crippen LogP contribution is -2.32. The van der Waals surface area contributed by atoms with E-state index in [1.165, 1.54) is 21.9 Å². The van der Waals surface area contributed by atoms with E-state index in [0.717, 1.165) is 22.5 Å². The zero-order valence-electron chi connectivity index (χ0n) is 13.4. The van der Waals surface area contributed by atoms with Crippen LogP contribution in [0.15, 0.2) is 54.2 Å². The number of aromatic nitrogens is 4. The molecule has 2 aromatic carbocycles. The molecule has 0 aliphatic rings. The molecule has 0 spiro atoms. The van der Waals surface area contributed by atoms with E-state index >= 15 is 0 Å².